The SMILES string of the molecule is Nc1ccc(/C=C/c2ccccc2)c(S(=O)(=O)O)c1.[H-].[Na+]. The summed E-state index contributed by atoms with van der Waals surface area (Å²) in [6.07, 6.45) is 3.39. The van der Waals surface area contributed by atoms with Gasteiger partial charge >= 0.3 is 29.6 Å². The number of benzene rings is 2. The van der Waals surface area contributed by atoms with E-state index in [0.717, 1.165) is 5.56 Å². The molecule has 0 spiro atoms. The second-order valence-electron chi connectivity index (χ2n) is 4.02. The van der Waals surface area contributed by atoms with Crippen LogP contribution in [0.1, 0.15) is 12.6 Å². The molecule has 4 nitrogen and oxygen atoms in total. The Hall–Kier alpha value is -1.11. The Labute approximate surface area is 141 Å². The molecule has 0 saturated carbocycles. The Bertz CT molecular complexity index is 718. The fourth-order valence-corrected chi connectivity index (χ4v) is 2.38. The second-order valence-corrected chi connectivity index (χ2v) is 5.41. The van der Waals surface area contributed by atoms with E-state index in [4.69, 9.17) is 5.73 Å². The van der Waals surface area contributed by atoms with E-state index in [1.165, 1.54) is 6.07 Å². The standard InChI is InChI=1S/C14H13NO3S.Na.H/c15-13-9-8-12(14(10-13)19(16,17)18)7-6-11-4-2-1-3-5-11;;/h1-10H,15H2,(H,16,17,18);;/q;+1;-1/b7-6+;;. The Morgan fingerprint density at radius 1 is 1.05 bits per heavy atom. The summed E-state index contributed by atoms with van der Waals surface area (Å²) >= 11 is 0. The molecule has 0 atom stereocenters. The topological polar surface area (TPSA) is 80.4 Å². The molecule has 3 N–H and O–H groups in total. The zero-order valence-electron chi connectivity index (χ0n) is 12.0. The van der Waals surface area contributed by atoms with Gasteiger partial charge in [0.25, 0.3) is 10.1 Å². The molecule has 2 rings (SSSR count). The van der Waals surface area contributed by atoms with Crippen molar-refractivity contribution in [3.05, 3.63) is 59.7 Å². The van der Waals surface area contributed by atoms with Crippen LogP contribution in [0.15, 0.2) is 53.4 Å². The molecule has 0 unspecified atom stereocenters. The largest absolute Gasteiger partial charge is 1.00 e. The Kier molecular flexibility index (Phi) is 5.98. The number of nitrogen functional groups attached to an aromatic ring is 1. The number of rotatable bonds is 3. The van der Waals surface area contributed by atoms with Crippen molar-refractivity contribution in [2.45, 2.75) is 4.90 Å². The van der Waals surface area contributed by atoms with Gasteiger partial charge in [0, 0.05) is 5.69 Å². The van der Waals surface area contributed by atoms with E-state index in [0.29, 0.717) is 5.56 Å². The van der Waals surface area contributed by atoms with Crippen molar-refractivity contribution in [3.63, 3.8) is 0 Å². The van der Waals surface area contributed by atoms with Crippen molar-refractivity contribution in [3.8, 4) is 0 Å². The maximum atomic E-state index is 11.3. The predicted octanol–water partition coefficient (Wildman–Crippen LogP) is -0.198. The summed E-state index contributed by atoms with van der Waals surface area (Å²) in [5.41, 5.74) is 7.13. The van der Waals surface area contributed by atoms with Crippen LogP contribution in [-0.4, -0.2) is 13.0 Å². The van der Waals surface area contributed by atoms with E-state index in [1.807, 2.05) is 30.3 Å². The summed E-state index contributed by atoms with van der Waals surface area (Å²) < 4.78 is 31.7. The quantitative estimate of drug-likeness (QED) is 0.356. The van der Waals surface area contributed by atoms with Crippen LogP contribution in [0.5, 0.6) is 0 Å². The first kappa shape index (κ1) is 16.9. The summed E-state index contributed by atoms with van der Waals surface area (Å²) in [7, 11) is -4.29. The van der Waals surface area contributed by atoms with Crippen molar-refractivity contribution in [2.75, 3.05) is 5.73 Å². The molecule has 2 aromatic carbocycles. The van der Waals surface area contributed by atoms with E-state index in [-0.39, 0.29) is 41.6 Å². The summed E-state index contributed by atoms with van der Waals surface area (Å²) in [5, 5.41) is 0. The minimum absolute atomic E-state index is 0. The normalized spacial score (nSPS) is 11.2. The third-order valence-electron chi connectivity index (χ3n) is 2.57. The molecule has 0 amide bonds. The first-order chi connectivity index (χ1) is 8.97. The van der Waals surface area contributed by atoms with E-state index in [1.54, 1.807) is 24.3 Å². The van der Waals surface area contributed by atoms with Crippen LogP contribution in [0.4, 0.5) is 5.69 Å². The number of hydrogen-bond donors (Lipinski definition) is 2. The van der Waals surface area contributed by atoms with Crippen molar-refractivity contribution < 1.29 is 44.0 Å². The monoisotopic (exact) mass is 299 g/mol. The molecule has 20 heavy (non-hydrogen) atoms. The third-order valence-corrected chi connectivity index (χ3v) is 3.48. The Balaban J connectivity index is 0.00000200. The molecular formula is C14H14NNaO3S. The molecular weight excluding hydrogens is 285 g/mol. The molecule has 0 aromatic heterocycles. The summed E-state index contributed by atoms with van der Waals surface area (Å²) in [4.78, 5) is -0.195. The molecule has 0 bridgehead atoms. The van der Waals surface area contributed by atoms with Gasteiger partial charge in [-0.05, 0) is 23.3 Å². The van der Waals surface area contributed by atoms with Crippen molar-refractivity contribution in [1.82, 2.24) is 0 Å². The number of hydrogen-bond acceptors (Lipinski definition) is 3. The zero-order valence-corrected chi connectivity index (χ0v) is 13.8. The molecule has 100 valence electrons. The molecule has 0 radical (unpaired) electrons. The van der Waals surface area contributed by atoms with Crippen LogP contribution in [0.25, 0.3) is 12.2 Å². The van der Waals surface area contributed by atoms with Gasteiger partial charge in [-0.15, -0.1) is 0 Å². The Morgan fingerprint density at radius 2 is 1.70 bits per heavy atom. The van der Waals surface area contributed by atoms with Gasteiger partial charge in [-0.2, -0.15) is 8.42 Å². The molecule has 0 aliphatic rings. The summed E-state index contributed by atoms with van der Waals surface area (Å²) in [5.74, 6) is 0. The summed E-state index contributed by atoms with van der Waals surface area (Å²) in [6, 6.07) is 13.8. The van der Waals surface area contributed by atoms with E-state index in [2.05, 4.69) is 0 Å². The van der Waals surface area contributed by atoms with Gasteiger partial charge in [0.15, 0.2) is 0 Å². The van der Waals surface area contributed by atoms with Gasteiger partial charge in [-0.3, -0.25) is 4.55 Å². The fraction of sp³-hybridized carbons (Fsp3) is 0. The minimum Gasteiger partial charge on any atom is -1.00 e. The van der Waals surface area contributed by atoms with Crippen LogP contribution in [-0.2, 0) is 10.1 Å². The maximum Gasteiger partial charge on any atom is 1.00 e. The third kappa shape index (κ3) is 4.47. The van der Waals surface area contributed by atoms with E-state index < -0.39 is 10.1 Å². The predicted molar refractivity (Wildman–Crippen MR) is 77.2 cm³/mol. The van der Waals surface area contributed by atoms with Crippen LogP contribution in [0.2, 0.25) is 0 Å². The first-order valence-corrected chi connectivity index (χ1v) is 7.01. The van der Waals surface area contributed by atoms with Crippen LogP contribution in [0.3, 0.4) is 0 Å². The van der Waals surface area contributed by atoms with E-state index >= 15 is 0 Å². The van der Waals surface area contributed by atoms with Crippen molar-refractivity contribution in [1.29, 1.82) is 0 Å². The smallest absolute Gasteiger partial charge is 1.00 e. The van der Waals surface area contributed by atoms with Crippen LogP contribution < -0.4 is 35.3 Å². The van der Waals surface area contributed by atoms with Crippen molar-refractivity contribution in [2.24, 2.45) is 0 Å². The minimum atomic E-state index is -4.29. The van der Waals surface area contributed by atoms with Crippen molar-refractivity contribution >= 4 is 28.0 Å². The molecule has 0 aliphatic carbocycles. The van der Waals surface area contributed by atoms with Gasteiger partial charge in [-0.25, -0.2) is 0 Å². The number of nitrogens with two attached hydrogens (primary N) is 1. The molecule has 0 heterocycles. The Morgan fingerprint density at radius 3 is 2.30 bits per heavy atom. The van der Waals surface area contributed by atoms with Crippen LogP contribution in [0, 0.1) is 0 Å². The average Bonchev–Trinajstić information content (AvgIpc) is 2.37. The van der Waals surface area contributed by atoms with Gasteiger partial charge in [0.1, 0.15) is 4.90 Å². The van der Waals surface area contributed by atoms with Gasteiger partial charge < -0.3 is 7.16 Å². The first-order valence-electron chi connectivity index (χ1n) is 5.57. The van der Waals surface area contributed by atoms with Gasteiger partial charge in [0.2, 0.25) is 0 Å². The zero-order chi connectivity index (χ0) is 13.9. The van der Waals surface area contributed by atoms with Gasteiger partial charge in [0.05, 0.1) is 0 Å². The summed E-state index contributed by atoms with van der Waals surface area (Å²) in [6.45, 7) is 0. The molecule has 6 heteroatoms. The molecule has 2 aromatic rings. The molecule has 0 fully saturated rings. The van der Waals surface area contributed by atoms with E-state index in [9.17, 15) is 13.0 Å². The maximum absolute atomic E-state index is 11.3. The second kappa shape index (κ2) is 7.06. The number of anilines is 1. The van der Waals surface area contributed by atoms with Gasteiger partial charge in [-0.1, -0.05) is 48.6 Å². The average molecular weight is 299 g/mol. The molecule has 0 saturated heterocycles. The molecule has 0 aliphatic heterocycles. The van der Waals surface area contributed by atoms with Crippen LogP contribution >= 0.6 is 0 Å². The fourth-order valence-electron chi connectivity index (χ4n) is 1.66.